The van der Waals surface area contributed by atoms with Gasteiger partial charge in [-0.3, -0.25) is 9.52 Å². The lowest BCUT2D eigenvalue weighted by Gasteiger charge is -2.22. The smallest absolute Gasteiger partial charge is 0.302 e. The van der Waals surface area contributed by atoms with Gasteiger partial charge >= 0.3 is 4.87 Å². The molecule has 0 atom stereocenters. The third kappa shape index (κ3) is 3.66. The van der Waals surface area contributed by atoms with Crippen molar-refractivity contribution in [3.8, 4) is 0 Å². The van der Waals surface area contributed by atoms with Crippen LogP contribution < -0.4 is 9.60 Å². The molecule has 1 heterocycles. The van der Waals surface area contributed by atoms with Gasteiger partial charge in [0.05, 0.1) is 20.8 Å². The number of hydrogen-bond acceptors (Lipinski definition) is 4. The first kappa shape index (κ1) is 18.3. The van der Waals surface area contributed by atoms with Gasteiger partial charge in [-0.25, -0.2) is 8.42 Å². The van der Waals surface area contributed by atoms with Crippen molar-refractivity contribution in [1.29, 1.82) is 0 Å². The van der Waals surface area contributed by atoms with Gasteiger partial charge in [-0.1, -0.05) is 42.7 Å². The molecule has 3 aromatic rings. The number of aromatic nitrogens is 1. The molecule has 0 saturated heterocycles. The summed E-state index contributed by atoms with van der Waals surface area (Å²) in [6.45, 7) is 0. The molecule has 1 N–H and O–H groups in total. The Morgan fingerprint density at radius 2 is 1.74 bits per heavy atom. The van der Waals surface area contributed by atoms with Gasteiger partial charge < -0.3 is 4.57 Å². The number of aryl methyl sites for hydroxylation is 1. The van der Waals surface area contributed by atoms with Gasteiger partial charge in [0, 0.05) is 7.05 Å². The summed E-state index contributed by atoms with van der Waals surface area (Å²) in [7, 11) is -1.96. The molecule has 0 aliphatic heterocycles. The maximum absolute atomic E-state index is 12.7. The Morgan fingerprint density at radius 1 is 1.04 bits per heavy atom. The van der Waals surface area contributed by atoms with Gasteiger partial charge in [0.25, 0.3) is 10.0 Å². The van der Waals surface area contributed by atoms with Crippen LogP contribution in [0.1, 0.15) is 43.6 Å². The summed E-state index contributed by atoms with van der Waals surface area (Å²) in [6.07, 6.45) is 6.17. The highest BCUT2D eigenvalue weighted by atomic mass is 32.2. The van der Waals surface area contributed by atoms with Crippen LogP contribution in [0, 0.1) is 0 Å². The number of anilines is 1. The summed E-state index contributed by atoms with van der Waals surface area (Å²) in [6, 6.07) is 12.4. The van der Waals surface area contributed by atoms with Gasteiger partial charge in [0.2, 0.25) is 0 Å². The van der Waals surface area contributed by atoms with Crippen molar-refractivity contribution in [2.75, 3.05) is 4.72 Å². The number of nitrogens with zero attached hydrogens (tertiary/aromatic N) is 1. The van der Waals surface area contributed by atoms with E-state index in [0.29, 0.717) is 11.6 Å². The van der Waals surface area contributed by atoms with E-state index in [4.69, 9.17) is 0 Å². The molecule has 0 bridgehead atoms. The quantitative estimate of drug-likeness (QED) is 0.701. The van der Waals surface area contributed by atoms with E-state index in [-0.39, 0.29) is 9.77 Å². The zero-order chi connectivity index (χ0) is 19.0. The average Bonchev–Trinajstić information content (AvgIpc) is 2.96. The molecular formula is C20H22N2O3S2. The highest BCUT2D eigenvalue weighted by molar-refractivity contribution is 7.92. The minimum absolute atomic E-state index is 0.0664. The largest absolute Gasteiger partial charge is 0.307 e. The van der Waals surface area contributed by atoms with Crippen LogP contribution >= 0.6 is 11.3 Å². The van der Waals surface area contributed by atoms with Crippen LogP contribution in [0.5, 0.6) is 0 Å². The van der Waals surface area contributed by atoms with Crippen molar-refractivity contribution >= 4 is 37.3 Å². The molecule has 1 aliphatic carbocycles. The topological polar surface area (TPSA) is 68.2 Å². The zero-order valence-corrected chi connectivity index (χ0v) is 16.8. The lowest BCUT2D eigenvalue weighted by molar-refractivity contribution is 0.443. The van der Waals surface area contributed by atoms with Crippen molar-refractivity contribution < 1.29 is 8.42 Å². The Bertz CT molecular complexity index is 1120. The second-order valence-corrected chi connectivity index (χ2v) is 9.79. The molecule has 5 nitrogen and oxygen atoms in total. The third-order valence-corrected chi connectivity index (χ3v) is 7.70. The fraction of sp³-hybridized carbons (Fsp3) is 0.350. The SMILES string of the molecule is Cn1c(=O)sc2cc(NS(=O)(=O)c3ccc(C4CCCCC4)cc3)ccc21. The molecule has 0 amide bonds. The molecule has 27 heavy (non-hydrogen) atoms. The number of sulfonamides is 1. The molecule has 142 valence electrons. The molecule has 0 radical (unpaired) electrons. The zero-order valence-electron chi connectivity index (χ0n) is 15.1. The van der Waals surface area contributed by atoms with Crippen LogP contribution in [0.2, 0.25) is 0 Å². The molecule has 7 heteroatoms. The summed E-state index contributed by atoms with van der Waals surface area (Å²) < 4.78 is 30.4. The Labute approximate surface area is 162 Å². The molecule has 1 saturated carbocycles. The lowest BCUT2D eigenvalue weighted by Crippen LogP contribution is -2.13. The van der Waals surface area contributed by atoms with Crippen LogP contribution in [0.4, 0.5) is 5.69 Å². The van der Waals surface area contributed by atoms with Gasteiger partial charge in [-0.2, -0.15) is 0 Å². The summed E-state index contributed by atoms with van der Waals surface area (Å²) in [5, 5.41) is 0. The number of thiazole rings is 1. The highest BCUT2D eigenvalue weighted by Gasteiger charge is 2.18. The molecule has 2 aromatic carbocycles. The van der Waals surface area contributed by atoms with E-state index in [0.717, 1.165) is 21.6 Å². The summed E-state index contributed by atoms with van der Waals surface area (Å²) >= 11 is 1.11. The van der Waals surface area contributed by atoms with E-state index in [9.17, 15) is 13.2 Å². The van der Waals surface area contributed by atoms with Gasteiger partial charge in [0.1, 0.15) is 0 Å². The number of nitrogens with one attached hydrogen (secondary N) is 1. The predicted molar refractivity (Wildman–Crippen MR) is 110 cm³/mol. The number of fused-ring (bicyclic) bond motifs is 1. The van der Waals surface area contributed by atoms with E-state index in [1.54, 1.807) is 41.9 Å². The molecule has 0 spiro atoms. The Hall–Kier alpha value is -2.12. The van der Waals surface area contributed by atoms with Crippen LogP contribution in [0.25, 0.3) is 10.2 Å². The van der Waals surface area contributed by atoms with E-state index in [2.05, 4.69) is 4.72 Å². The van der Waals surface area contributed by atoms with Crippen molar-refractivity contribution in [3.63, 3.8) is 0 Å². The van der Waals surface area contributed by atoms with Crippen LogP contribution in [-0.4, -0.2) is 13.0 Å². The number of benzene rings is 2. The molecular weight excluding hydrogens is 380 g/mol. The monoisotopic (exact) mass is 402 g/mol. The molecule has 1 fully saturated rings. The minimum atomic E-state index is -3.66. The summed E-state index contributed by atoms with van der Waals surface area (Å²) in [5.74, 6) is 0.548. The average molecular weight is 403 g/mol. The fourth-order valence-electron chi connectivity index (χ4n) is 3.77. The Balaban J connectivity index is 1.57. The standard InChI is InChI=1S/C20H22N2O3S2/c1-22-18-12-9-16(13-19(18)26-20(22)23)21-27(24,25)17-10-7-15(8-11-17)14-5-3-2-4-6-14/h7-14,21H,2-6H2,1H3. The molecule has 0 unspecified atom stereocenters. The predicted octanol–water partition coefficient (Wildman–Crippen LogP) is 4.45. The van der Waals surface area contributed by atoms with Gasteiger partial charge in [0.15, 0.2) is 0 Å². The van der Waals surface area contributed by atoms with Crippen molar-refractivity contribution in [2.45, 2.75) is 42.9 Å². The van der Waals surface area contributed by atoms with E-state index in [1.165, 1.54) is 37.7 Å². The maximum Gasteiger partial charge on any atom is 0.307 e. The second-order valence-electron chi connectivity index (χ2n) is 7.12. The van der Waals surface area contributed by atoms with Crippen LogP contribution in [0.3, 0.4) is 0 Å². The number of hydrogen-bond donors (Lipinski definition) is 1. The first-order chi connectivity index (χ1) is 12.9. The summed E-state index contributed by atoms with van der Waals surface area (Å²) in [4.78, 5) is 11.9. The van der Waals surface area contributed by atoms with E-state index in [1.807, 2.05) is 12.1 Å². The second kappa shape index (κ2) is 7.13. The molecule has 4 rings (SSSR count). The minimum Gasteiger partial charge on any atom is -0.302 e. The maximum atomic E-state index is 12.7. The molecule has 1 aliphatic rings. The Kier molecular flexibility index (Phi) is 4.82. The number of rotatable bonds is 4. The van der Waals surface area contributed by atoms with E-state index >= 15 is 0 Å². The van der Waals surface area contributed by atoms with Crippen molar-refractivity contribution in [2.24, 2.45) is 7.05 Å². The lowest BCUT2D eigenvalue weighted by atomic mass is 9.84. The Morgan fingerprint density at radius 3 is 2.44 bits per heavy atom. The fourth-order valence-corrected chi connectivity index (χ4v) is 5.73. The van der Waals surface area contributed by atoms with E-state index < -0.39 is 10.0 Å². The third-order valence-electron chi connectivity index (χ3n) is 5.31. The first-order valence-corrected chi connectivity index (χ1v) is 11.5. The highest BCUT2D eigenvalue weighted by Crippen LogP contribution is 2.33. The summed E-state index contributed by atoms with van der Waals surface area (Å²) in [5.41, 5.74) is 2.48. The van der Waals surface area contributed by atoms with Gasteiger partial charge in [-0.05, 0) is 54.7 Å². The normalized spacial score (nSPS) is 15.9. The van der Waals surface area contributed by atoms with Crippen molar-refractivity contribution in [3.05, 3.63) is 57.7 Å². The van der Waals surface area contributed by atoms with Crippen molar-refractivity contribution in [1.82, 2.24) is 4.57 Å². The first-order valence-electron chi connectivity index (χ1n) is 9.16. The van der Waals surface area contributed by atoms with Crippen LogP contribution in [-0.2, 0) is 17.1 Å². The van der Waals surface area contributed by atoms with Crippen LogP contribution in [0.15, 0.2) is 52.2 Å². The van der Waals surface area contributed by atoms with Gasteiger partial charge in [-0.15, -0.1) is 0 Å². The molecule has 1 aromatic heterocycles.